The monoisotopic (exact) mass is 504 g/mol. The lowest BCUT2D eigenvalue weighted by Gasteiger charge is -2.28. The molecule has 2 aliphatic heterocycles. The van der Waals surface area contributed by atoms with Crippen LogP contribution in [-0.4, -0.2) is 55.1 Å². The number of nitrogens with one attached hydrogen (secondary N) is 2. The molecule has 2 N–H and O–H groups in total. The Morgan fingerprint density at radius 1 is 1.27 bits per heavy atom. The Morgan fingerprint density at radius 3 is 2.73 bits per heavy atom. The highest BCUT2D eigenvalue weighted by molar-refractivity contribution is 7.88. The highest BCUT2D eigenvalue weighted by Gasteiger charge is 2.57. The molecule has 0 radical (unpaired) electrons. The Kier molecular flexibility index (Phi) is 6.18. The van der Waals surface area contributed by atoms with Crippen LogP contribution in [0.4, 0.5) is 18.0 Å². The predicted octanol–water partition coefficient (Wildman–Crippen LogP) is 2.46. The minimum absolute atomic E-state index is 0.0294. The summed E-state index contributed by atoms with van der Waals surface area (Å²) in [6.07, 6.45) is 0.400. The lowest BCUT2D eigenvalue weighted by Crippen LogP contribution is -2.53. The number of fused-ring (bicyclic) bond motifs is 5. The number of carbonyl (C=O) groups is 1. The molecule has 0 spiro atoms. The van der Waals surface area contributed by atoms with Crippen molar-refractivity contribution < 1.29 is 31.1 Å². The molecule has 1 aromatic heterocycles. The Balaban J connectivity index is 1.78. The minimum Gasteiger partial charge on any atom is -0.472 e. The zero-order valence-corrected chi connectivity index (χ0v) is 18.9. The Morgan fingerprint density at radius 2 is 2.00 bits per heavy atom. The van der Waals surface area contributed by atoms with Gasteiger partial charge in [-0.3, -0.25) is 0 Å². The van der Waals surface area contributed by atoms with E-state index in [2.05, 4.69) is 10.3 Å². The van der Waals surface area contributed by atoms with E-state index in [4.69, 9.17) is 16.3 Å². The first-order valence-corrected chi connectivity index (χ1v) is 12.2. The van der Waals surface area contributed by atoms with Gasteiger partial charge in [-0.2, -0.15) is 0 Å². The number of hydrogen-bond acceptors (Lipinski definition) is 5. The largest absolute Gasteiger partial charge is 0.472 e. The van der Waals surface area contributed by atoms with E-state index >= 15 is 4.39 Å². The number of ether oxygens (including phenoxy) is 1. The van der Waals surface area contributed by atoms with Crippen molar-refractivity contribution in [3.05, 3.63) is 58.0 Å². The lowest BCUT2D eigenvalue weighted by atomic mass is 9.97. The topological polar surface area (TPSA) is 101 Å². The van der Waals surface area contributed by atoms with Crippen LogP contribution in [0.15, 0.2) is 30.3 Å². The summed E-state index contributed by atoms with van der Waals surface area (Å²) in [5.74, 6) is -4.26. The van der Waals surface area contributed by atoms with Crippen LogP contribution in [0.3, 0.4) is 0 Å². The van der Waals surface area contributed by atoms with E-state index in [0.717, 1.165) is 11.2 Å². The number of urea groups is 1. The van der Waals surface area contributed by atoms with Crippen molar-refractivity contribution in [1.82, 2.24) is 19.9 Å². The van der Waals surface area contributed by atoms with Gasteiger partial charge in [-0.1, -0.05) is 29.8 Å². The van der Waals surface area contributed by atoms with Crippen LogP contribution < -0.4 is 14.8 Å². The van der Waals surface area contributed by atoms with Gasteiger partial charge >= 0.3 is 6.03 Å². The first kappa shape index (κ1) is 23.6. The molecule has 3 heterocycles. The number of rotatable bonds is 2. The van der Waals surface area contributed by atoms with Crippen LogP contribution in [0.2, 0.25) is 5.02 Å². The average molecular weight is 505 g/mol. The van der Waals surface area contributed by atoms with Gasteiger partial charge in [0.25, 0.3) is 5.92 Å². The smallest absolute Gasteiger partial charge is 0.318 e. The molecule has 0 aliphatic carbocycles. The first-order valence-electron chi connectivity index (χ1n) is 9.89. The summed E-state index contributed by atoms with van der Waals surface area (Å²) in [5.41, 5.74) is 0.491. The summed E-state index contributed by atoms with van der Waals surface area (Å²) >= 11 is 6.09. The summed E-state index contributed by atoms with van der Waals surface area (Å²) in [5, 5.41) is 2.68. The van der Waals surface area contributed by atoms with Crippen LogP contribution >= 0.6 is 11.6 Å². The van der Waals surface area contributed by atoms with Crippen molar-refractivity contribution in [2.24, 2.45) is 0 Å². The fourth-order valence-corrected chi connectivity index (χ4v) is 4.90. The quantitative estimate of drug-likeness (QED) is 0.654. The highest BCUT2D eigenvalue weighted by atomic mass is 35.5. The SMILES string of the molecule is CS(=O)(=O)N[C@@H]1[C@@H]2Cc3cccc(c3F)COc3nc(ccc3Cl)CNC(=O)N2CC1(F)F. The third-order valence-corrected chi connectivity index (χ3v) is 6.44. The molecule has 8 nitrogen and oxygen atoms in total. The summed E-state index contributed by atoms with van der Waals surface area (Å²) < 4.78 is 76.0. The molecule has 4 bridgehead atoms. The van der Waals surface area contributed by atoms with Crippen molar-refractivity contribution in [3.8, 4) is 5.88 Å². The molecule has 2 amide bonds. The van der Waals surface area contributed by atoms with Gasteiger partial charge in [-0.15, -0.1) is 0 Å². The Bertz CT molecular complexity index is 1200. The molecule has 0 unspecified atom stereocenters. The van der Waals surface area contributed by atoms with Gasteiger partial charge in [0.05, 0.1) is 31.1 Å². The van der Waals surface area contributed by atoms with E-state index in [-0.39, 0.29) is 41.6 Å². The van der Waals surface area contributed by atoms with Gasteiger partial charge in [0.1, 0.15) is 23.5 Å². The number of halogens is 4. The second-order valence-corrected chi connectivity index (χ2v) is 10.1. The maximum atomic E-state index is 15.2. The molecule has 4 rings (SSSR count). The molecule has 2 aromatic rings. The van der Waals surface area contributed by atoms with Gasteiger partial charge < -0.3 is 15.0 Å². The van der Waals surface area contributed by atoms with Crippen molar-refractivity contribution in [2.45, 2.75) is 37.6 Å². The van der Waals surface area contributed by atoms with E-state index in [1.54, 1.807) is 0 Å². The molecule has 1 fully saturated rings. The maximum absolute atomic E-state index is 15.2. The number of carbonyl (C=O) groups excluding carboxylic acids is 1. The average Bonchev–Trinajstić information content (AvgIpc) is 2.97. The molecular formula is C20H20ClF3N4O4S. The standard InChI is InChI=1S/C20H20ClF3N4O4S/c1-33(30,31)27-17-15-7-11-3-2-4-12(16(11)22)9-32-18-14(21)6-5-13(26-18)8-25-19(29)28(15)10-20(17,23)24/h2-6,15,17,27H,7-10H2,1H3,(H,25,29)/t15-,17+/m0/s1. The fraction of sp³-hybridized carbons (Fsp3) is 0.400. The maximum Gasteiger partial charge on any atom is 0.318 e. The van der Waals surface area contributed by atoms with Crippen molar-refractivity contribution in [1.29, 1.82) is 0 Å². The number of aromatic nitrogens is 1. The summed E-state index contributed by atoms with van der Waals surface area (Å²) in [4.78, 5) is 17.9. The molecule has 1 aromatic carbocycles. The van der Waals surface area contributed by atoms with Crippen molar-refractivity contribution in [2.75, 3.05) is 12.8 Å². The van der Waals surface area contributed by atoms with Gasteiger partial charge in [0.2, 0.25) is 15.9 Å². The Hall–Kier alpha value is -2.57. The third-order valence-electron chi connectivity index (χ3n) is 5.47. The predicted molar refractivity (Wildman–Crippen MR) is 113 cm³/mol. The zero-order chi connectivity index (χ0) is 24.0. The van der Waals surface area contributed by atoms with E-state index in [9.17, 15) is 22.0 Å². The van der Waals surface area contributed by atoms with E-state index < -0.39 is 46.4 Å². The molecule has 2 aliphatic rings. The van der Waals surface area contributed by atoms with Crippen LogP contribution in [0.1, 0.15) is 16.8 Å². The normalized spacial score (nSPS) is 22.7. The first-order chi connectivity index (χ1) is 15.4. The second kappa shape index (κ2) is 8.65. The van der Waals surface area contributed by atoms with E-state index in [0.29, 0.717) is 5.69 Å². The molecule has 178 valence electrons. The Labute approximate surface area is 193 Å². The number of amides is 2. The van der Waals surface area contributed by atoms with E-state index in [1.807, 2.05) is 4.72 Å². The van der Waals surface area contributed by atoms with Gasteiger partial charge in [0, 0.05) is 5.56 Å². The summed E-state index contributed by atoms with van der Waals surface area (Å²) in [6, 6.07) is 3.22. The highest BCUT2D eigenvalue weighted by Crippen LogP contribution is 2.35. The van der Waals surface area contributed by atoms with E-state index in [1.165, 1.54) is 30.3 Å². The fourth-order valence-electron chi connectivity index (χ4n) is 3.95. The summed E-state index contributed by atoms with van der Waals surface area (Å²) in [6.45, 7) is -1.39. The number of sulfonamides is 1. The number of benzene rings is 1. The molecular weight excluding hydrogens is 485 g/mol. The van der Waals surface area contributed by atoms with Gasteiger partial charge in [-0.25, -0.2) is 36.1 Å². The number of pyridine rings is 1. The zero-order valence-electron chi connectivity index (χ0n) is 17.3. The molecule has 33 heavy (non-hydrogen) atoms. The van der Waals surface area contributed by atoms with Crippen molar-refractivity contribution in [3.63, 3.8) is 0 Å². The number of hydrogen-bond donors (Lipinski definition) is 2. The van der Waals surface area contributed by atoms with Crippen molar-refractivity contribution >= 4 is 27.7 Å². The van der Waals surface area contributed by atoms with Crippen LogP contribution in [-0.2, 0) is 29.6 Å². The molecule has 1 saturated heterocycles. The van der Waals surface area contributed by atoms with Gasteiger partial charge in [-0.05, 0) is 24.1 Å². The molecule has 0 saturated carbocycles. The second-order valence-electron chi connectivity index (χ2n) is 7.96. The van der Waals surface area contributed by atoms with Crippen LogP contribution in [0.5, 0.6) is 5.88 Å². The summed E-state index contributed by atoms with van der Waals surface area (Å²) in [7, 11) is -4.05. The van der Waals surface area contributed by atoms with Crippen LogP contribution in [0, 0.1) is 5.82 Å². The minimum atomic E-state index is -4.05. The number of nitrogens with zero attached hydrogens (tertiary/aromatic N) is 2. The van der Waals surface area contributed by atoms with Gasteiger partial charge in [0.15, 0.2) is 0 Å². The lowest BCUT2D eigenvalue weighted by molar-refractivity contribution is -0.00453. The van der Waals surface area contributed by atoms with Crippen LogP contribution in [0.25, 0.3) is 0 Å². The third kappa shape index (κ3) is 5.02. The number of alkyl halides is 2. The molecule has 13 heteroatoms. The molecule has 2 atom stereocenters.